The van der Waals surface area contributed by atoms with E-state index in [1.165, 1.54) is 16.4 Å². The van der Waals surface area contributed by atoms with Crippen molar-refractivity contribution in [3.63, 3.8) is 0 Å². The Morgan fingerprint density at radius 3 is 2.52 bits per heavy atom. The summed E-state index contributed by atoms with van der Waals surface area (Å²) in [7, 11) is -3.82. The lowest BCUT2D eigenvalue weighted by atomic mass is 9.99. The van der Waals surface area contributed by atoms with Crippen LogP contribution in [-0.2, 0) is 27.4 Å². The molecule has 0 atom stereocenters. The van der Waals surface area contributed by atoms with Gasteiger partial charge in [0.2, 0.25) is 10.0 Å². The average Bonchev–Trinajstić information content (AvgIpc) is 3.14. The van der Waals surface area contributed by atoms with Crippen LogP contribution in [0.5, 0.6) is 0 Å². The van der Waals surface area contributed by atoms with Gasteiger partial charge < -0.3 is 5.11 Å². The van der Waals surface area contributed by atoms with Gasteiger partial charge >= 0.3 is 12.1 Å². The van der Waals surface area contributed by atoms with Crippen LogP contribution >= 0.6 is 11.3 Å². The van der Waals surface area contributed by atoms with Gasteiger partial charge in [-0.25, -0.2) is 13.4 Å². The quantitative estimate of drug-likeness (QED) is 0.754. The summed E-state index contributed by atoms with van der Waals surface area (Å²) in [6, 6.07) is 4.39. The summed E-state index contributed by atoms with van der Waals surface area (Å²) in [4.78, 5) is 14.7. The number of benzene rings is 1. The molecule has 0 amide bonds. The number of aliphatic carboxylic acids is 1. The number of piperidine rings is 1. The molecule has 0 radical (unpaired) electrons. The highest BCUT2D eigenvalue weighted by atomic mass is 32.2. The minimum absolute atomic E-state index is 0.0198. The molecule has 1 aliphatic heterocycles. The number of aryl methyl sites for hydroxylation is 1. The van der Waals surface area contributed by atoms with E-state index in [0.29, 0.717) is 29.0 Å². The lowest BCUT2D eigenvalue weighted by Crippen LogP contribution is -2.38. The molecular formula is C18H19F3N2O4S2. The zero-order valence-corrected chi connectivity index (χ0v) is 17.1. The lowest BCUT2D eigenvalue weighted by Gasteiger charge is -2.30. The van der Waals surface area contributed by atoms with Crippen LogP contribution in [0.15, 0.2) is 28.5 Å². The lowest BCUT2D eigenvalue weighted by molar-refractivity contribution is -0.141. The van der Waals surface area contributed by atoms with Gasteiger partial charge in [-0.1, -0.05) is 6.07 Å². The Balaban J connectivity index is 1.73. The van der Waals surface area contributed by atoms with E-state index < -0.39 is 27.9 Å². The molecule has 1 N–H and O–H groups in total. The van der Waals surface area contributed by atoms with Crippen LogP contribution in [0.2, 0.25) is 0 Å². The number of alkyl halides is 3. The number of rotatable bonds is 5. The fourth-order valence-electron chi connectivity index (χ4n) is 3.26. The second-order valence-electron chi connectivity index (χ2n) is 6.91. The Morgan fingerprint density at radius 1 is 1.31 bits per heavy atom. The summed E-state index contributed by atoms with van der Waals surface area (Å²) in [6.07, 6.45) is -4.02. The summed E-state index contributed by atoms with van der Waals surface area (Å²) in [5.41, 5.74) is 0.198. The molecule has 1 saturated heterocycles. The number of hydrogen-bond acceptors (Lipinski definition) is 5. The van der Waals surface area contributed by atoms with E-state index >= 15 is 0 Å². The smallest absolute Gasteiger partial charge is 0.434 e. The van der Waals surface area contributed by atoms with Crippen molar-refractivity contribution in [2.45, 2.75) is 43.2 Å². The summed E-state index contributed by atoms with van der Waals surface area (Å²) >= 11 is 0.943. The van der Waals surface area contributed by atoms with Gasteiger partial charge in [-0.2, -0.15) is 17.5 Å². The third-order valence-corrected chi connectivity index (χ3v) is 7.82. The minimum Gasteiger partial charge on any atom is -0.481 e. The molecular weight excluding hydrogens is 429 g/mol. The number of nitrogens with zero attached hydrogens (tertiary/aromatic N) is 2. The molecule has 2 heterocycles. The Kier molecular flexibility index (Phi) is 6.02. The Hall–Kier alpha value is -1.98. The van der Waals surface area contributed by atoms with Crippen LogP contribution in [-0.4, -0.2) is 41.9 Å². The fraction of sp³-hybridized carbons (Fsp3) is 0.444. The molecule has 0 bridgehead atoms. The maximum absolute atomic E-state index is 12.9. The first-order chi connectivity index (χ1) is 13.5. The Labute approximate surface area is 170 Å². The van der Waals surface area contributed by atoms with Gasteiger partial charge in [0, 0.05) is 24.4 Å². The number of carboxylic acid groups (broad SMARTS) is 1. The molecule has 2 aromatic rings. The predicted molar refractivity (Wildman–Crippen MR) is 100 cm³/mol. The van der Waals surface area contributed by atoms with E-state index in [0.717, 1.165) is 16.7 Å². The predicted octanol–water partition coefficient (Wildman–Crippen LogP) is 3.67. The van der Waals surface area contributed by atoms with Crippen LogP contribution in [0, 0.1) is 6.92 Å². The van der Waals surface area contributed by atoms with Crippen LogP contribution in [0.1, 0.15) is 40.6 Å². The molecule has 1 fully saturated rings. The zero-order chi connectivity index (χ0) is 21.4. The second kappa shape index (κ2) is 8.04. The van der Waals surface area contributed by atoms with Crippen molar-refractivity contribution in [3.8, 4) is 0 Å². The van der Waals surface area contributed by atoms with Gasteiger partial charge in [0.15, 0.2) is 5.69 Å². The highest BCUT2D eigenvalue weighted by Gasteiger charge is 2.36. The van der Waals surface area contributed by atoms with Crippen LogP contribution in [0.25, 0.3) is 0 Å². The van der Waals surface area contributed by atoms with Gasteiger partial charge in [0.05, 0.1) is 16.3 Å². The maximum atomic E-state index is 12.9. The first-order valence-electron chi connectivity index (χ1n) is 8.82. The molecule has 6 nitrogen and oxygen atoms in total. The van der Waals surface area contributed by atoms with Crippen LogP contribution in [0.3, 0.4) is 0 Å². The molecule has 1 aromatic heterocycles. The van der Waals surface area contributed by atoms with E-state index in [2.05, 4.69) is 4.98 Å². The van der Waals surface area contributed by atoms with Crippen molar-refractivity contribution in [1.29, 1.82) is 0 Å². The van der Waals surface area contributed by atoms with Crippen molar-refractivity contribution in [2.24, 2.45) is 0 Å². The molecule has 29 heavy (non-hydrogen) atoms. The first-order valence-corrected chi connectivity index (χ1v) is 11.1. The standard InChI is InChI=1S/C18H19F3N2O4S2/c1-11-2-3-14(8-13(11)9-16(24)25)29(26,27)23-6-4-12(5-7-23)17-22-15(10-28-17)18(19,20)21/h2-3,8,10,12H,4-7,9H2,1H3,(H,24,25). The number of hydrogen-bond donors (Lipinski definition) is 1. The molecule has 1 aliphatic rings. The van der Waals surface area contributed by atoms with Gasteiger partial charge in [0.1, 0.15) is 0 Å². The molecule has 0 aliphatic carbocycles. The van der Waals surface area contributed by atoms with Gasteiger partial charge in [-0.15, -0.1) is 11.3 Å². The third-order valence-electron chi connectivity index (χ3n) is 4.92. The van der Waals surface area contributed by atoms with Gasteiger partial charge in [0.25, 0.3) is 0 Å². The largest absolute Gasteiger partial charge is 0.481 e. The molecule has 0 spiro atoms. The number of sulfonamides is 1. The zero-order valence-electron chi connectivity index (χ0n) is 15.4. The molecule has 0 unspecified atom stereocenters. The maximum Gasteiger partial charge on any atom is 0.434 e. The number of halogens is 3. The minimum atomic E-state index is -4.49. The molecule has 11 heteroatoms. The van der Waals surface area contributed by atoms with Gasteiger partial charge in [-0.05, 0) is 43.0 Å². The number of thiazole rings is 1. The monoisotopic (exact) mass is 448 g/mol. The molecule has 0 saturated carbocycles. The van der Waals surface area contributed by atoms with Gasteiger partial charge in [-0.3, -0.25) is 4.79 Å². The highest BCUT2D eigenvalue weighted by molar-refractivity contribution is 7.89. The molecule has 3 rings (SSSR count). The number of carbonyl (C=O) groups is 1. The SMILES string of the molecule is Cc1ccc(S(=O)(=O)N2CCC(c3nc(C(F)(F)F)cs3)CC2)cc1CC(=O)O. The number of aromatic nitrogens is 1. The summed E-state index contributed by atoms with van der Waals surface area (Å²) < 4.78 is 65.4. The summed E-state index contributed by atoms with van der Waals surface area (Å²) in [6.45, 7) is 2.04. The summed E-state index contributed by atoms with van der Waals surface area (Å²) in [5, 5.41) is 10.3. The van der Waals surface area contributed by atoms with Crippen LogP contribution < -0.4 is 0 Å². The average molecular weight is 448 g/mol. The van der Waals surface area contributed by atoms with Crippen molar-refractivity contribution < 1.29 is 31.5 Å². The van der Waals surface area contributed by atoms with Crippen molar-refractivity contribution in [3.05, 3.63) is 45.4 Å². The number of carboxylic acids is 1. The Bertz CT molecular complexity index is 1010. The van der Waals surface area contributed by atoms with E-state index in [9.17, 15) is 26.4 Å². The normalized spacial score (nSPS) is 16.8. The first kappa shape index (κ1) is 21.7. The van der Waals surface area contributed by atoms with Crippen molar-refractivity contribution in [1.82, 2.24) is 9.29 Å². The van der Waals surface area contributed by atoms with Crippen molar-refractivity contribution in [2.75, 3.05) is 13.1 Å². The van der Waals surface area contributed by atoms with E-state index in [1.54, 1.807) is 13.0 Å². The highest BCUT2D eigenvalue weighted by Crippen LogP contribution is 2.36. The topological polar surface area (TPSA) is 87.6 Å². The van der Waals surface area contributed by atoms with E-state index in [-0.39, 0.29) is 30.3 Å². The second-order valence-corrected chi connectivity index (χ2v) is 9.73. The molecule has 158 valence electrons. The summed E-state index contributed by atoms with van der Waals surface area (Å²) in [5.74, 6) is -1.27. The van der Waals surface area contributed by atoms with Crippen molar-refractivity contribution >= 4 is 27.3 Å². The van der Waals surface area contributed by atoms with Crippen LogP contribution in [0.4, 0.5) is 13.2 Å². The van der Waals surface area contributed by atoms with E-state index in [1.807, 2.05) is 0 Å². The fourth-order valence-corrected chi connectivity index (χ4v) is 5.78. The molecule has 1 aromatic carbocycles. The third kappa shape index (κ3) is 4.78. The Morgan fingerprint density at radius 2 is 1.97 bits per heavy atom. The van der Waals surface area contributed by atoms with E-state index in [4.69, 9.17) is 5.11 Å².